The summed E-state index contributed by atoms with van der Waals surface area (Å²) in [6.07, 6.45) is 0. The Morgan fingerprint density at radius 1 is 0.800 bits per heavy atom. The Morgan fingerprint density at radius 2 is 1.31 bits per heavy atom. The fourth-order valence-corrected chi connectivity index (χ4v) is 12.3. The molecule has 4 rings (SSSR count). The maximum absolute atomic E-state index is 13.5. The van der Waals surface area contributed by atoms with E-state index in [1.807, 2.05) is 0 Å². The van der Waals surface area contributed by atoms with Crippen LogP contribution < -0.4 is 0 Å². The molecular weight excluding hydrogens is 558 g/mol. The molecule has 0 unspecified atom stereocenters. The van der Waals surface area contributed by atoms with Gasteiger partial charge in [-0.3, -0.25) is 4.79 Å². The van der Waals surface area contributed by atoms with Gasteiger partial charge < -0.3 is 0 Å². The van der Waals surface area contributed by atoms with Crippen molar-refractivity contribution in [3.8, 4) is 0 Å². The van der Waals surface area contributed by atoms with Crippen molar-refractivity contribution in [1.82, 2.24) is 0 Å². The van der Waals surface area contributed by atoms with Crippen LogP contribution in [-0.4, -0.2) is 19.7 Å². The van der Waals surface area contributed by atoms with Crippen molar-refractivity contribution in [2.75, 3.05) is 0 Å². The van der Waals surface area contributed by atoms with Gasteiger partial charge >= 0.3 is 15.6 Å². The predicted molar refractivity (Wildman–Crippen MR) is 134 cm³/mol. The molecule has 0 N–H and O–H groups in total. The first-order valence-corrected chi connectivity index (χ1v) is 15.3. The molecule has 0 saturated heterocycles. The summed E-state index contributed by atoms with van der Waals surface area (Å²) in [5.41, 5.74) is -5.59. The summed E-state index contributed by atoms with van der Waals surface area (Å²) in [5.74, 6) is -0.0592. The second-order valence-corrected chi connectivity index (χ2v) is 15.4. The molecule has 0 saturated carbocycles. The fourth-order valence-electron chi connectivity index (χ4n) is 3.05. The van der Waals surface area contributed by atoms with Crippen LogP contribution in [0.4, 0.5) is 13.2 Å². The van der Waals surface area contributed by atoms with Crippen molar-refractivity contribution in [1.29, 1.82) is 0 Å². The monoisotopic (exact) mass is 574 g/mol. The Balaban J connectivity index is 1.88. The van der Waals surface area contributed by atoms with Gasteiger partial charge in [-0.2, -0.15) is 25.2 Å². The number of hydrogen-bond donors (Lipinski definition) is 0. The third-order valence-corrected chi connectivity index (χ3v) is 13.6. The topological polar surface area (TPSA) is 60.4 Å². The molecule has 0 fully saturated rings. The first-order valence-electron chi connectivity index (χ1n) is 9.87. The van der Waals surface area contributed by atoms with Gasteiger partial charge in [0.1, 0.15) is 0 Å². The molecule has 0 atom stereocenters. The Hall–Kier alpha value is -2.09. The number of alkyl halides is 3. The standard InChI is InChI=1S/C23H17F3O4S5/c1-16(27)19-12-13-20(31-19)32-21-14-15-22(33-21)34(17-8-4-2-5-9-17,18-10-6-3-7-11-18)30-35(28,29)23(24,25)26/h2-15H,1H3. The molecule has 184 valence electrons. The van der Waals surface area contributed by atoms with E-state index in [2.05, 4.69) is 0 Å². The summed E-state index contributed by atoms with van der Waals surface area (Å²) in [7, 11) is -9.26. The van der Waals surface area contributed by atoms with Gasteiger partial charge in [0.05, 0.1) is 17.5 Å². The van der Waals surface area contributed by atoms with Crippen LogP contribution in [0.1, 0.15) is 16.6 Å². The molecule has 2 heterocycles. The minimum absolute atomic E-state index is 0.0592. The quantitative estimate of drug-likeness (QED) is 0.157. The summed E-state index contributed by atoms with van der Waals surface area (Å²) in [5, 5.41) is 0. The minimum Gasteiger partial charge on any atom is -0.294 e. The molecule has 0 bridgehead atoms. The van der Waals surface area contributed by atoms with E-state index in [-0.39, 0.29) is 5.78 Å². The fraction of sp³-hybridized carbons (Fsp3) is 0.0870. The highest BCUT2D eigenvalue weighted by Gasteiger charge is 2.52. The number of ketones is 1. The van der Waals surface area contributed by atoms with E-state index in [0.717, 1.165) is 15.5 Å². The van der Waals surface area contributed by atoms with Gasteiger partial charge in [0.15, 0.2) is 5.78 Å². The molecule has 0 spiro atoms. The smallest absolute Gasteiger partial charge is 0.294 e. The Labute approximate surface area is 214 Å². The number of Topliss-reactive ketones (excluding diaryl/α,β-unsaturated/α-hetero) is 1. The second kappa shape index (κ2) is 10.1. The number of carbonyl (C=O) groups excluding carboxylic acids is 1. The maximum Gasteiger partial charge on any atom is 0.524 e. The number of carbonyl (C=O) groups is 1. The summed E-state index contributed by atoms with van der Waals surface area (Å²) in [6.45, 7) is 1.47. The van der Waals surface area contributed by atoms with Crippen molar-refractivity contribution < 1.29 is 30.0 Å². The predicted octanol–water partition coefficient (Wildman–Crippen LogP) is 8.23. The van der Waals surface area contributed by atoms with Crippen LogP contribution in [0.5, 0.6) is 0 Å². The summed E-state index contributed by atoms with van der Waals surface area (Å²) in [4.78, 5) is 12.8. The van der Waals surface area contributed by atoms with Gasteiger partial charge in [0, 0.05) is 9.79 Å². The van der Waals surface area contributed by atoms with Crippen molar-refractivity contribution in [3.05, 3.63) is 89.8 Å². The zero-order valence-corrected chi connectivity index (χ0v) is 22.0. The van der Waals surface area contributed by atoms with Gasteiger partial charge in [-0.05, 0) is 65.8 Å². The van der Waals surface area contributed by atoms with E-state index in [1.165, 1.54) is 30.0 Å². The average Bonchev–Trinajstić information content (AvgIpc) is 3.48. The van der Waals surface area contributed by atoms with Crippen molar-refractivity contribution >= 4 is 60.6 Å². The summed E-state index contributed by atoms with van der Waals surface area (Å²) in [6, 6.07) is 23.0. The zero-order chi connectivity index (χ0) is 25.3. The van der Waals surface area contributed by atoms with Gasteiger partial charge in [-0.15, -0.1) is 22.7 Å². The van der Waals surface area contributed by atoms with Gasteiger partial charge in [-0.25, -0.2) is 0 Å². The molecule has 0 aliphatic heterocycles. The highest BCUT2D eigenvalue weighted by molar-refractivity contribution is 8.34. The average molecular weight is 575 g/mol. The van der Waals surface area contributed by atoms with Gasteiger partial charge in [0.2, 0.25) is 0 Å². The van der Waals surface area contributed by atoms with Crippen LogP contribution in [0, 0.1) is 0 Å². The summed E-state index contributed by atoms with van der Waals surface area (Å²) < 4.78 is 72.5. The van der Waals surface area contributed by atoms with E-state index in [1.54, 1.807) is 84.9 Å². The number of rotatable bonds is 8. The van der Waals surface area contributed by atoms with Crippen LogP contribution in [0.15, 0.2) is 107 Å². The molecule has 12 heteroatoms. The van der Waals surface area contributed by atoms with Crippen LogP contribution in [0.3, 0.4) is 0 Å². The molecule has 2 aromatic heterocycles. The van der Waals surface area contributed by atoms with Crippen molar-refractivity contribution in [2.45, 2.75) is 34.9 Å². The molecule has 35 heavy (non-hydrogen) atoms. The third-order valence-electron chi connectivity index (χ3n) is 4.59. The first-order chi connectivity index (χ1) is 16.5. The van der Waals surface area contributed by atoms with E-state index in [9.17, 15) is 26.4 Å². The van der Waals surface area contributed by atoms with E-state index in [4.69, 9.17) is 3.63 Å². The van der Waals surface area contributed by atoms with Crippen molar-refractivity contribution in [2.24, 2.45) is 0 Å². The van der Waals surface area contributed by atoms with E-state index >= 15 is 0 Å². The van der Waals surface area contributed by atoms with E-state index in [0.29, 0.717) is 23.1 Å². The van der Waals surface area contributed by atoms with Crippen LogP contribution in [0.2, 0.25) is 0 Å². The molecule has 0 radical (unpaired) electrons. The molecule has 0 aliphatic carbocycles. The molecule has 0 amide bonds. The number of hydrogen-bond acceptors (Lipinski definition) is 7. The normalized spacial score (nSPS) is 13.0. The minimum atomic E-state index is -5.95. The Bertz CT molecular complexity index is 1390. The lowest BCUT2D eigenvalue weighted by atomic mass is 10.4. The van der Waals surface area contributed by atoms with Gasteiger partial charge in [-0.1, -0.05) is 48.2 Å². The molecule has 4 nitrogen and oxygen atoms in total. The SMILES string of the molecule is CC(=O)c1ccc(Sc2ccc(S(OS(=O)(=O)C(F)(F)F)(c3ccccc3)c3ccccc3)s2)s1. The maximum atomic E-state index is 13.5. The Morgan fingerprint density at radius 3 is 1.80 bits per heavy atom. The van der Waals surface area contributed by atoms with Crippen LogP contribution in [0.25, 0.3) is 0 Å². The Kier molecular flexibility index (Phi) is 7.51. The number of benzene rings is 2. The molecular formula is C23H17F3O4S5. The first kappa shape index (κ1) is 26.0. The third kappa shape index (κ3) is 5.37. The zero-order valence-electron chi connectivity index (χ0n) is 17.9. The summed E-state index contributed by atoms with van der Waals surface area (Å²) >= 11 is 3.82. The highest BCUT2D eigenvalue weighted by Crippen LogP contribution is 2.72. The van der Waals surface area contributed by atoms with Crippen LogP contribution in [-0.2, 0) is 13.7 Å². The number of thiophene rings is 2. The lowest BCUT2D eigenvalue weighted by molar-refractivity contribution is -0.0496. The molecule has 4 aromatic rings. The highest BCUT2D eigenvalue weighted by atomic mass is 32.3. The molecule has 2 aromatic carbocycles. The second-order valence-electron chi connectivity index (χ2n) is 7.00. The van der Waals surface area contributed by atoms with E-state index < -0.39 is 25.9 Å². The van der Waals surface area contributed by atoms with Gasteiger partial charge in [0.25, 0.3) is 0 Å². The lowest BCUT2D eigenvalue weighted by Crippen LogP contribution is -2.27. The molecule has 0 aliphatic rings. The van der Waals surface area contributed by atoms with Crippen molar-refractivity contribution in [3.63, 3.8) is 0 Å². The lowest BCUT2D eigenvalue weighted by Gasteiger charge is -2.38. The van der Waals surface area contributed by atoms with Crippen LogP contribution >= 0.6 is 44.7 Å². The largest absolute Gasteiger partial charge is 0.524 e. The number of halogens is 3.